The third-order valence-corrected chi connectivity index (χ3v) is 7.14. The van der Waals surface area contributed by atoms with E-state index in [2.05, 4.69) is 10.3 Å². The normalized spacial score (nSPS) is 26.1. The lowest BCUT2D eigenvalue weighted by molar-refractivity contribution is -0.0248. The van der Waals surface area contributed by atoms with Crippen molar-refractivity contribution >= 4 is 21.6 Å². The molecule has 1 saturated heterocycles. The first-order valence-corrected chi connectivity index (χ1v) is 9.93. The van der Waals surface area contributed by atoms with E-state index in [1.807, 2.05) is 4.57 Å². The summed E-state index contributed by atoms with van der Waals surface area (Å²) in [4.78, 5) is 20.0. The van der Waals surface area contributed by atoms with Crippen molar-refractivity contribution in [3.63, 3.8) is 0 Å². The van der Waals surface area contributed by atoms with Crippen LogP contribution in [0.2, 0.25) is 0 Å². The van der Waals surface area contributed by atoms with E-state index in [-0.39, 0.29) is 17.2 Å². The molecule has 5 nitrogen and oxygen atoms in total. The van der Waals surface area contributed by atoms with E-state index in [0.29, 0.717) is 6.61 Å². The van der Waals surface area contributed by atoms with Gasteiger partial charge in [0, 0.05) is 11.4 Å². The van der Waals surface area contributed by atoms with Crippen molar-refractivity contribution in [2.75, 3.05) is 13.2 Å². The van der Waals surface area contributed by atoms with Crippen LogP contribution in [0, 0.1) is 0 Å². The molecule has 5 rings (SSSR count). The average Bonchev–Trinajstić information content (AvgIpc) is 3.18. The zero-order valence-electron chi connectivity index (χ0n) is 13.8. The number of hydrogen-bond donors (Lipinski definition) is 1. The number of rotatable bonds is 1. The molecule has 3 aliphatic rings. The average molecular weight is 345 g/mol. The van der Waals surface area contributed by atoms with Crippen LogP contribution in [-0.2, 0) is 17.7 Å². The number of fused-ring (bicyclic) bond motifs is 3. The molecule has 1 N–H and O–H groups in total. The van der Waals surface area contributed by atoms with E-state index >= 15 is 0 Å². The zero-order valence-corrected chi connectivity index (χ0v) is 14.7. The van der Waals surface area contributed by atoms with Crippen LogP contribution in [0.5, 0.6) is 0 Å². The molecular weight excluding hydrogens is 322 g/mol. The Labute approximate surface area is 145 Å². The minimum Gasteiger partial charge on any atom is -0.373 e. The summed E-state index contributed by atoms with van der Waals surface area (Å²) in [5, 5.41) is 4.25. The Hall–Kier alpha value is -1.24. The van der Waals surface area contributed by atoms with Crippen molar-refractivity contribution < 1.29 is 4.74 Å². The van der Waals surface area contributed by atoms with E-state index in [1.54, 1.807) is 17.7 Å². The van der Waals surface area contributed by atoms with Crippen LogP contribution in [0.3, 0.4) is 0 Å². The van der Waals surface area contributed by atoms with Gasteiger partial charge in [0.1, 0.15) is 4.83 Å². The lowest BCUT2D eigenvalue weighted by Crippen LogP contribution is -2.31. The largest absolute Gasteiger partial charge is 0.373 e. The quantitative estimate of drug-likeness (QED) is 0.863. The van der Waals surface area contributed by atoms with Crippen molar-refractivity contribution in [1.29, 1.82) is 0 Å². The number of ether oxygens (including phenoxy) is 1. The third-order valence-electron chi connectivity index (χ3n) is 6.00. The molecule has 1 atom stereocenters. The SMILES string of the molecule is O=c1c2c3c(sc2ncn1C1COC2(CCCCC2)C1)CNCC3. The van der Waals surface area contributed by atoms with Gasteiger partial charge in [0.2, 0.25) is 0 Å². The molecule has 2 aromatic rings. The summed E-state index contributed by atoms with van der Waals surface area (Å²) in [6.07, 6.45) is 9.78. The van der Waals surface area contributed by atoms with Crippen LogP contribution >= 0.6 is 11.3 Å². The first kappa shape index (κ1) is 15.0. The Balaban J connectivity index is 1.54. The van der Waals surface area contributed by atoms with Crippen molar-refractivity contribution in [2.24, 2.45) is 0 Å². The van der Waals surface area contributed by atoms with Crippen molar-refractivity contribution in [2.45, 2.75) is 63.1 Å². The number of nitrogens with one attached hydrogen (secondary N) is 1. The van der Waals surface area contributed by atoms with Crippen LogP contribution in [0.15, 0.2) is 11.1 Å². The van der Waals surface area contributed by atoms with Gasteiger partial charge in [-0.25, -0.2) is 4.98 Å². The summed E-state index contributed by atoms with van der Waals surface area (Å²) in [7, 11) is 0. The van der Waals surface area contributed by atoms with Gasteiger partial charge < -0.3 is 10.1 Å². The first-order chi connectivity index (χ1) is 11.8. The highest BCUT2D eigenvalue weighted by Crippen LogP contribution is 2.43. The van der Waals surface area contributed by atoms with Crippen LogP contribution in [0.4, 0.5) is 0 Å². The molecule has 1 unspecified atom stereocenters. The molecule has 0 amide bonds. The highest BCUT2D eigenvalue weighted by molar-refractivity contribution is 7.18. The van der Waals surface area contributed by atoms with E-state index in [9.17, 15) is 4.79 Å². The van der Waals surface area contributed by atoms with Crippen LogP contribution in [-0.4, -0.2) is 28.3 Å². The second-order valence-corrected chi connectivity index (χ2v) is 8.56. The number of hydrogen-bond acceptors (Lipinski definition) is 5. The Kier molecular flexibility index (Phi) is 3.54. The third kappa shape index (κ3) is 2.27. The Morgan fingerprint density at radius 3 is 3.08 bits per heavy atom. The molecule has 1 spiro atoms. The molecule has 128 valence electrons. The van der Waals surface area contributed by atoms with Crippen molar-refractivity contribution in [3.05, 3.63) is 27.1 Å². The van der Waals surface area contributed by atoms with Crippen LogP contribution in [0.1, 0.15) is 55.0 Å². The highest BCUT2D eigenvalue weighted by Gasteiger charge is 2.42. The predicted molar refractivity (Wildman–Crippen MR) is 94.7 cm³/mol. The van der Waals surface area contributed by atoms with Gasteiger partial charge in [-0.05, 0) is 37.8 Å². The Bertz CT molecular complexity index is 835. The minimum atomic E-state index is 0.0231. The monoisotopic (exact) mass is 345 g/mol. The van der Waals surface area contributed by atoms with E-state index in [4.69, 9.17) is 4.74 Å². The predicted octanol–water partition coefficient (Wildman–Crippen LogP) is 2.77. The van der Waals surface area contributed by atoms with Gasteiger partial charge in [-0.2, -0.15) is 0 Å². The molecule has 2 aliphatic heterocycles. The molecule has 1 saturated carbocycles. The fourth-order valence-corrected chi connectivity index (χ4v) is 5.88. The van der Waals surface area contributed by atoms with Gasteiger partial charge in [0.25, 0.3) is 5.56 Å². The van der Waals surface area contributed by atoms with Gasteiger partial charge in [0.05, 0.1) is 30.0 Å². The lowest BCUT2D eigenvalue weighted by Gasteiger charge is -2.32. The van der Waals surface area contributed by atoms with Crippen LogP contribution in [0.25, 0.3) is 10.2 Å². The molecule has 0 bridgehead atoms. The maximum absolute atomic E-state index is 13.2. The molecule has 4 heterocycles. The molecule has 2 aromatic heterocycles. The molecule has 1 aliphatic carbocycles. The molecule has 0 aromatic carbocycles. The fraction of sp³-hybridized carbons (Fsp3) is 0.667. The van der Waals surface area contributed by atoms with Gasteiger partial charge in [-0.3, -0.25) is 9.36 Å². The highest BCUT2D eigenvalue weighted by atomic mass is 32.1. The summed E-state index contributed by atoms with van der Waals surface area (Å²) in [5.41, 5.74) is 1.39. The summed E-state index contributed by atoms with van der Waals surface area (Å²) >= 11 is 1.67. The van der Waals surface area contributed by atoms with Crippen LogP contribution < -0.4 is 10.9 Å². The molecule has 6 heteroatoms. The van der Waals surface area contributed by atoms with Crippen molar-refractivity contribution in [1.82, 2.24) is 14.9 Å². The van der Waals surface area contributed by atoms with E-state index in [0.717, 1.165) is 49.0 Å². The number of aromatic nitrogens is 2. The minimum absolute atomic E-state index is 0.0231. The summed E-state index contributed by atoms with van der Waals surface area (Å²) in [6, 6.07) is 0.143. The maximum atomic E-state index is 13.2. The molecular formula is C18H23N3O2S. The second-order valence-electron chi connectivity index (χ2n) is 7.48. The maximum Gasteiger partial charge on any atom is 0.262 e. The second kappa shape index (κ2) is 5.64. The number of thiophene rings is 1. The van der Waals surface area contributed by atoms with Gasteiger partial charge >= 0.3 is 0 Å². The first-order valence-electron chi connectivity index (χ1n) is 9.12. The molecule has 2 fully saturated rings. The van der Waals surface area contributed by atoms with Gasteiger partial charge in [-0.15, -0.1) is 11.3 Å². The van der Waals surface area contributed by atoms with E-state index < -0.39 is 0 Å². The van der Waals surface area contributed by atoms with Crippen molar-refractivity contribution in [3.8, 4) is 0 Å². The zero-order chi connectivity index (χ0) is 16.1. The smallest absolute Gasteiger partial charge is 0.262 e. The summed E-state index contributed by atoms with van der Waals surface area (Å²) in [5.74, 6) is 0. The Morgan fingerprint density at radius 1 is 1.33 bits per heavy atom. The van der Waals surface area contributed by atoms with E-state index in [1.165, 1.54) is 29.7 Å². The topological polar surface area (TPSA) is 56.2 Å². The summed E-state index contributed by atoms with van der Waals surface area (Å²) < 4.78 is 8.08. The van der Waals surface area contributed by atoms with Gasteiger partial charge in [-0.1, -0.05) is 19.3 Å². The standard InChI is InChI=1S/C18H23N3O2S/c22-17-15-13-4-7-19-9-14(13)24-16(15)20-11-21(17)12-8-18(23-10-12)5-2-1-3-6-18/h11-12,19H,1-10H2. The summed E-state index contributed by atoms with van der Waals surface area (Å²) in [6.45, 7) is 2.47. The molecule has 0 radical (unpaired) electrons. The lowest BCUT2D eigenvalue weighted by atomic mass is 9.82. The fourth-order valence-electron chi connectivity index (χ4n) is 4.73. The number of nitrogens with zero attached hydrogens (tertiary/aromatic N) is 2. The molecule has 24 heavy (non-hydrogen) atoms. The van der Waals surface area contributed by atoms with Gasteiger partial charge in [0.15, 0.2) is 0 Å². The Morgan fingerprint density at radius 2 is 2.21 bits per heavy atom.